The van der Waals surface area contributed by atoms with Crippen LogP contribution in [0.2, 0.25) is 18.1 Å². The Morgan fingerprint density at radius 2 is 1.88 bits per heavy atom. The van der Waals surface area contributed by atoms with Gasteiger partial charge in [-0.3, -0.25) is 9.78 Å². The van der Waals surface area contributed by atoms with Crippen LogP contribution >= 0.6 is 0 Å². The smallest absolute Gasteiger partial charge is 0.331 e. The monoisotopic (exact) mass is 352 g/mol. The van der Waals surface area contributed by atoms with Crippen LogP contribution in [0.1, 0.15) is 38.2 Å². The van der Waals surface area contributed by atoms with Crippen LogP contribution in [0.15, 0.2) is 24.4 Å². The molecule has 0 fully saturated rings. The van der Waals surface area contributed by atoms with E-state index in [2.05, 4.69) is 44.2 Å². The summed E-state index contributed by atoms with van der Waals surface area (Å²) in [6.45, 7) is 12.3. The Bertz CT molecular complexity index is 570. The van der Waals surface area contributed by atoms with Crippen molar-refractivity contribution in [1.82, 2.24) is 10.3 Å². The number of aromatic nitrogens is 1. The third-order valence-electron chi connectivity index (χ3n) is 4.40. The fourth-order valence-electron chi connectivity index (χ4n) is 1.92. The molecule has 0 saturated carbocycles. The van der Waals surface area contributed by atoms with Gasteiger partial charge in [0.15, 0.2) is 14.4 Å². The van der Waals surface area contributed by atoms with Crippen LogP contribution in [0.5, 0.6) is 0 Å². The fourth-order valence-corrected chi connectivity index (χ4v) is 3.34. The zero-order valence-electron chi connectivity index (χ0n) is 15.5. The number of esters is 1. The average Bonchev–Trinajstić information content (AvgIpc) is 2.50. The summed E-state index contributed by atoms with van der Waals surface area (Å²) in [5.41, 5.74) is 0.242. The van der Waals surface area contributed by atoms with Crippen LogP contribution in [0, 0.1) is 0 Å². The third kappa shape index (κ3) is 5.14. The fraction of sp³-hybridized carbons (Fsp3) is 0.588. The van der Waals surface area contributed by atoms with Crippen LogP contribution in [0.25, 0.3) is 0 Å². The normalized spacial score (nSPS) is 14.6. The van der Waals surface area contributed by atoms with Crippen LogP contribution in [0.3, 0.4) is 0 Å². The molecule has 0 aliphatic heterocycles. The van der Waals surface area contributed by atoms with Gasteiger partial charge in [-0.05, 0) is 37.2 Å². The van der Waals surface area contributed by atoms with Crippen LogP contribution in [0.4, 0.5) is 0 Å². The summed E-state index contributed by atoms with van der Waals surface area (Å²) in [4.78, 5) is 28.4. The molecule has 6 nitrogen and oxygen atoms in total. The number of hydrogen-bond acceptors (Lipinski definition) is 5. The molecule has 0 unspecified atom stereocenters. The van der Waals surface area contributed by atoms with Crippen molar-refractivity contribution in [3.05, 3.63) is 30.1 Å². The highest BCUT2D eigenvalue weighted by atomic mass is 28.4. The van der Waals surface area contributed by atoms with Gasteiger partial charge in [0.05, 0.1) is 13.2 Å². The van der Waals surface area contributed by atoms with E-state index in [0.717, 1.165) is 0 Å². The van der Waals surface area contributed by atoms with Gasteiger partial charge in [-0.25, -0.2) is 4.79 Å². The zero-order chi connectivity index (χ0) is 18.5. The van der Waals surface area contributed by atoms with Crippen molar-refractivity contribution >= 4 is 20.2 Å². The molecule has 0 saturated heterocycles. The van der Waals surface area contributed by atoms with Crippen molar-refractivity contribution in [3.63, 3.8) is 0 Å². The molecule has 1 heterocycles. The Morgan fingerprint density at radius 3 is 2.33 bits per heavy atom. The highest BCUT2D eigenvalue weighted by Gasteiger charge is 2.41. The number of nitrogens with zero attached hydrogens (tertiary/aromatic N) is 1. The molecule has 0 bridgehead atoms. The van der Waals surface area contributed by atoms with Crippen LogP contribution in [-0.4, -0.2) is 44.4 Å². The predicted octanol–water partition coefficient (Wildman–Crippen LogP) is 2.76. The summed E-state index contributed by atoms with van der Waals surface area (Å²) in [7, 11) is -0.801. The molecule has 0 aliphatic rings. The molecule has 1 amide bonds. The lowest BCUT2D eigenvalue weighted by molar-refractivity contribution is -0.145. The van der Waals surface area contributed by atoms with Crippen molar-refractivity contribution in [2.45, 2.75) is 58.0 Å². The van der Waals surface area contributed by atoms with Crippen molar-refractivity contribution in [2.75, 3.05) is 7.11 Å². The van der Waals surface area contributed by atoms with Gasteiger partial charge in [0, 0.05) is 6.20 Å². The maximum absolute atomic E-state index is 12.3. The predicted molar refractivity (Wildman–Crippen MR) is 95.3 cm³/mol. The molecule has 1 aromatic rings. The molecular weight excluding hydrogens is 324 g/mol. The van der Waals surface area contributed by atoms with Gasteiger partial charge >= 0.3 is 5.97 Å². The first-order valence-electron chi connectivity index (χ1n) is 7.97. The second kappa shape index (κ2) is 7.89. The van der Waals surface area contributed by atoms with Crippen molar-refractivity contribution in [3.8, 4) is 0 Å². The summed E-state index contributed by atoms with van der Waals surface area (Å²) in [5.74, 6) is -0.970. The number of pyridine rings is 1. The average molecular weight is 353 g/mol. The van der Waals surface area contributed by atoms with E-state index in [-0.39, 0.29) is 10.7 Å². The van der Waals surface area contributed by atoms with Gasteiger partial charge in [-0.2, -0.15) is 0 Å². The Morgan fingerprint density at radius 1 is 1.25 bits per heavy atom. The van der Waals surface area contributed by atoms with Crippen molar-refractivity contribution < 1.29 is 18.8 Å². The molecule has 1 aromatic heterocycles. The maximum Gasteiger partial charge on any atom is 0.331 e. The number of carbonyl (C=O) groups is 2. The molecule has 134 valence electrons. The molecule has 2 atom stereocenters. The summed E-state index contributed by atoms with van der Waals surface area (Å²) >= 11 is 0. The minimum atomic E-state index is -2.09. The minimum Gasteiger partial charge on any atom is -0.467 e. The van der Waals surface area contributed by atoms with E-state index < -0.39 is 32.3 Å². The molecule has 0 aromatic carbocycles. The second-order valence-electron chi connectivity index (χ2n) is 7.27. The van der Waals surface area contributed by atoms with Crippen molar-refractivity contribution in [2.24, 2.45) is 0 Å². The van der Waals surface area contributed by atoms with E-state index in [9.17, 15) is 9.59 Å². The standard InChI is InChI=1S/C17H28N2O4Si/c1-12(23-24(6,7)17(2,3)4)14(16(21)22-5)19-15(20)13-10-8-9-11-18-13/h8-12,14H,1-7H3,(H,19,20)/t12-,14+/m1/s1. The van der Waals surface area contributed by atoms with Gasteiger partial charge < -0.3 is 14.5 Å². The SMILES string of the molecule is COC(=O)[C@@H](NC(=O)c1ccccn1)[C@@H](C)O[Si](C)(C)C(C)(C)C. The van der Waals surface area contributed by atoms with Crippen LogP contribution < -0.4 is 5.32 Å². The largest absolute Gasteiger partial charge is 0.467 e. The Balaban J connectivity index is 2.93. The quantitative estimate of drug-likeness (QED) is 0.629. The van der Waals surface area contributed by atoms with E-state index in [1.54, 1.807) is 25.1 Å². The van der Waals surface area contributed by atoms with Gasteiger partial charge in [0.1, 0.15) is 5.69 Å². The molecular formula is C17H28N2O4Si. The summed E-state index contributed by atoms with van der Waals surface area (Å²) < 4.78 is 11.1. The Kier molecular flexibility index (Phi) is 6.68. The summed E-state index contributed by atoms with van der Waals surface area (Å²) in [6, 6.07) is 4.13. The molecule has 0 spiro atoms. The number of ether oxygens (including phenoxy) is 1. The number of nitrogens with one attached hydrogen (secondary N) is 1. The highest BCUT2D eigenvalue weighted by Crippen LogP contribution is 2.37. The molecule has 0 aliphatic carbocycles. The van der Waals surface area contributed by atoms with Gasteiger partial charge in [0.25, 0.3) is 5.91 Å². The zero-order valence-corrected chi connectivity index (χ0v) is 16.5. The number of methoxy groups -OCH3 is 1. The van der Waals surface area contributed by atoms with E-state index in [1.807, 2.05) is 0 Å². The van der Waals surface area contributed by atoms with Gasteiger partial charge in [-0.1, -0.05) is 26.8 Å². The van der Waals surface area contributed by atoms with E-state index in [0.29, 0.717) is 0 Å². The summed E-state index contributed by atoms with van der Waals surface area (Å²) in [5, 5.41) is 2.67. The summed E-state index contributed by atoms with van der Waals surface area (Å²) in [6.07, 6.45) is 1.02. The lowest BCUT2D eigenvalue weighted by Gasteiger charge is -2.39. The first kappa shape index (κ1) is 20.3. The lowest BCUT2D eigenvalue weighted by atomic mass is 10.2. The molecule has 1 N–H and O–H groups in total. The van der Waals surface area contributed by atoms with Crippen LogP contribution in [-0.2, 0) is 14.0 Å². The van der Waals surface area contributed by atoms with Gasteiger partial charge in [0.2, 0.25) is 0 Å². The number of amides is 1. The molecule has 7 heteroatoms. The van der Waals surface area contributed by atoms with Gasteiger partial charge in [-0.15, -0.1) is 0 Å². The van der Waals surface area contributed by atoms with E-state index >= 15 is 0 Å². The highest BCUT2D eigenvalue weighted by molar-refractivity contribution is 6.74. The molecule has 24 heavy (non-hydrogen) atoms. The van der Waals surface area contributed by atoms with E-state index in [4.69, 9.17) is 9.16 Å². The first-order chi connectivity index (χ1) is 11.0. The van der Waals surface area contributed by atoms with Crippen molar-refractivity contribution in [1.29, 1.82) is 0 Å². The number of hydrogen-bond donors (Lipinski definition) is 1. The Labute approximate surface area is 145 Å². The third-order valence-corrected chi connectivity index (χ3v) is 8.97. The molecule has 1 rings (SSSR count). The second-order valence-corrected chi connectivity index (χ2v) is 12.0. The Hall–Kier alpha value is -1.73. The minimum absolute atomic E-state index is 0.00702. The first-order valence-corrected chi connectivity index (χ1v) is 10.9. The maximum atomic E-state index is 12.3. The topological polar surface area (TPSA) is 77.5 Å². The number of rotatable bonds is 6. The molecule has 0 radical (unpaired) electrons. The lowest BCUT2D eigenvalue weighted by Crippen LogP contribution is -2.54. The van der Waals surface area contributed by atoms with E-state index in [1.165, 1.54) is 13.3 Å². The number of carbonyl (C=O) groups excluding carboxylic acids is 2.